The Balaban J connectivity index is 2.20. The molecule has 0 fully saturated rings. The van der Waals surface area contributed by atoms with E-state index in [4.69, 9.17) is 24.7 Å². The Hall–Kier alpha value is -3.92. The SMILES string of the molecule is COc1ccc(-c2cc(-c3ccc(OC)c(OC)c3)c(C#N)c(N)n2)cc1OC. The number of rotatable bonds is 6. The van der Waals surface area contributed by atoms with Crippen LogP contribution in [0.15, 0.2) is 42.5 Å². The summed E-state index contributed by atoms with van der Waals surface area (Å²) in [6.45, 7) is 0. The van der Waals surface area contributed by atoms with Crippen molar-refractivity contribution in [2.75, 3.05) is 34.2 Å². The fraction of sp³-hybridized carbons (Fsp3) is 0.182. The zero-order chi connectivity index (χ0) is 21.0. The molecule has 0 saturated heterocycles. The van der Waals surface area contributed by atoms with Crippen LogP contribution in [0.5, 0.6) is 23.0 Å². The van der Waals surface area contributed by atoms with E-state index in [1.54, 1.807) is 46.6 Å². The number of hydrogen-bond acceptors (Lipinski definition) is 7. The lowest BCUT2D eigenvalue weighted by atomic mass is 9.98. The van der Waals surface area contributed by atoms with Gasteiger partial charge in [0.1, 0.15) is 17.5 Å². The molecule has 0 bridgehead atoms. The number of nitrogens with two attached hydrogens (primary N) is 1. The van der Waals surface area contributed by atoms with Gasteiger partial charge in [-0.25, -0.2) is 4.98 Å². The molecule has 0 aliphatic heterocycles. The van der Waals surface area contributed by atoms with Crippen LogP contribution >= 0.6 is 0 Å². The van der Waals surface area contributed by atoms with Crippen LogP contribution < -0.4 is 24.7 Å². The second-order valence-corrected chi connectivity index (χ2v) is 6.07. The fourth-order valence-corrected chi connectivity index (χ4v) is 3.06. The van der Waals surface area contributed by atoms with E-state index >= 15 is 0 Å². The Morgan fingerprint density at radius 3 is 1.79 bits per heavy atom. The molecule has 2 aromatic carbocycles. The topological polar surface area (TPSA) is 99.6 Å². The zero-order valence-corrected chi connectivity index (χ0v) is 16.6. The summed E-state index contributed by atoms with van der Waals surface area (Å²) in [5.41, 5.74) is 9.19. The number of nitrogen functional groups attached to an aromatic ring is 1. The lowest BCUT2D eigenvalue weighted by molar-refractivity contribution is 0.355. The summed E-state index contributed by atoms with van der Waals surface area (Å²) in [6.07, 6.45) is 0. The van der Waals surface area contributed by atoms with Crippen molar-refractivity contribution in [3.63, 3.8) is 0 Å². The molecule has 148 valence electrons. The maximum absolute atomic E-state index is 9.64. The summed E-state index contributed by atoms with van der Waals surface area (Å²) >= 11 is 0. The monoisotopic (exact) mass is 391 g/mol. The van der Waals surface area contributed by atoms with Crippen LogP contribution in [0.2, 0.25) is 0 Å². The highest BCUT2D eigenvalue weighted by molar-refractivity contribution is 5.81. The number of nitriles is 1. The van der Waals surface area contributed by atoms with Gasteiger partial charge in [0.05, 0.1) is 34.1 Å². The van der Waals surface area contributed by atoms with E-state index < -0.39 is 0 Å². The van der Waals surface area contributed by atoms with Gasteiger partial charge in [-0.15, -0.1) is 0 Å². The van der Waals surface area contributed by atoms with Gasteiger partial charge in [-0.3, -0.25) is 0 Å². The van der Waals surface area contributed by atoms with Gasteiger partial charge in [-0.2, -0.15) is 5.26 Å². The number of benzene rings is 2. The van der Waals surface area contributed by atoms with Gasteiger partial charge < -0.3 is 24.7 Å². The van der Waals surface area contributed by atoms with Gasteiger partial charge in [-0.05, 0) is 42.0 Å². The lowest BCUT2D eigenvalue weighted by Gasteiger charge is -2.14. The van der Waals surface area contributed by atoms with Crippen molar-refractivity contribution in [2.45, 2.75) is 0 Å². The molecule has 0 aliphatic rings. The molecule has 0 radical (unpaired) electrons. The van der Waals surface area contributed by atoms with Crippen LogP contribution in [0, 0.1) is 11.3 Å². The zero-order valence-electron chi connectivity index (χ0n) is 16.6. The molecule has 0 atom stereocenters. The Labute approximate surface area is 169 Å². The van der Waals surface area contributed by atoms with E-state index in [0.29, 0.717) is 39.8 Å². The predicted octanol–water partition coefficient (Wildman–Crippen LogP) is 3.90. The van der Waals surface area contributed by atoms with E-state index in [9.17, 15) is 5.26 Å². The number of hydrogen-bond donors (Lipinski definition) is 1. The first-order valence-corrected chi connectivity index (χ1v) is 8.71. The van der Waals surface area contributed by atoms with Gasteiger partial charge in [0, 0.05) is 11.1 Å². The minimum absolute atomic E-state index is 0.143. The summed E-state index contributed by atoms with van der Waals surface area (Å²) in [4.78, 5) is 4.41. The highest BCUT2D eigenvalue weighted by atomic mass is 16.5. The summed E-state index contributed by atoms with van der Waals surface area (Å²) in [5, 5.41) is 9.64. The van der Waals surface area contributed by atoms with Crippen LogP contribution in [0.25, 0.3) is 22.4 Å². The van der Waals surface area contributed by atoms with Crippen molar-refractivity contribution < 1.29 is 18.9 Å². The summed E-state index contributed by atoms with van der Waals surface area (Å²) in [5.74, 6) is 2.47. The first-order valence-electron chi connectivity index (χ1n) is 8.71. The normalized spacial score (nSPS) is 10.2. The van der Waals surface area contributed by atoms with Crippen molar-refractivity contribution in [1.29, 1.82) is 5.26 Å². The molecule has 0 spiro atoms. The van der Waals surface area contributed by atoms with Gasteiger partial charge in [0.2, 0.25) is 0 Å². The number of ether oxygens (including phenoxy) is 4. The lowest BCUT2D eigenvalue weighted by Crippen LogP contribution is -2.00. The minimum atomic E-state index is 0.143. The van der Waals surface area contributed by atoms with Gasteiger partial charge in [0.25, 0.3) is 0 Å². The molecular formula is C22H21N3O4. The quantitative estimate of drug-likeness (QED) is 0.680. The molecule has 7 heteroatoms. The van der Waals surface area contributed by atoms with E-state index in [2.05, 4.69) is 11.1 Å². The molecule has 29 heavy (non-hydrogen) atoms. The molecule has 0 unspecified atom stereocenters. The summed E-state index contributed by atoms with van der Waals surface area (Å²) < 4.78 is 21.3. The van der Waals surface area contributed by atoms with Crippen LogP contribution in [0.4, 0.5) is 5.82 Å². The van der Waals surface area contributed by atoms with Gasteiger partial charge in [-0.1, -0.05) is 6.07 Å². The summed E-state index contributed by atoms with van der Waals surface area (Å²) in [6, 6.07) is 14.8. The Bertz CT molecular complexity index is 1090. The third-order valence-electron chi connectivity index (χ3n) is 4.53. The highest BCUT2D eigenvalue weighted by Crippen LogP contribution is 2.38. The molecule has 1 heterocycles. The van der Waals surface area contributed by atoms with Crippen LogP contribution in [0.3, 0.4) is 0 Å². The number of aromatic nitrogens is 1. The first kappa shape index (κ1) is 19.8. The van der Waals surface area contributed by atoms with Crippen molar-refractivity contribution in [3.05, 3.63) is 48.0 Å². The number of anilines is 1. The molecule has 7 nitrogen and oxygen atoms in total. The fourth-order valence-electron chi connectivity index (χ4n) is 3.06. The second kappa shape index (κ2) is 8.40. The second-order valence-electron chi connectivity index (χ2n) is 6.07. The summed E-state index contributed by atoms with van der Waals surface area (Å²) in [7, 11) is 6.27. The maximum Gasteiger partial charge on any atom is 0.161 e. The Morgan fingerprint density at radius 1 is 0.759 bits per heavy atom. The standard InChI is InChI=1S/C22H21N3O4/c1-26-18-7-5-13(9-20(18)28-3)15-11-17(25-22(24)16(15)12-23)14-6-8-19(27-2)21(10-14)29-4/h5-11H,1-4H3,(H2,24,25). The van der Waals surface area contributed by atoms with E-state index in [-0.39, 0.29) is 5.82 Å². The van der Waals surface area contributed by atoms with Crippen LogP contribution in [0.1, 0.15) is 5.56 Å². The Morgan fingerprint density at radius 2 is 1.28 bits per heavy atom. The van der Waals surface area contributed by atoms with E-state index in [0.717, 1.165) is 11.1 Å². The predicted molar refractivity (Wildman–Crippen MR) is 110 cm³/mol. The molecule has 3 aromatic rings. The number of nitrogens with zero attached hydrogens (tertiary/aromatic N) is 2. The van der Waals surface area contributed by atoms with E-state index in [1.165, 1.54) is 0 Å². The van der Waals surface area contributed by atoms with Crippen LogP contribution in [-0.2, 0) is 0 Å². The van der Waals surface area contributed by atoms with Crippen molar-refractivity contribution in [1.82, 2.24) is 4.98 Å². The minimum Gasteiger partial charge on any atom is -0.493 e. The molecule has 3 rings (SSSR count). The first-order chi connectivity index (χ1) is 14.1. The smallest absolute Gasteiger partial charge is 0.161 e. The van der Waals surface area contributed by atoms with Gasteiger partial charge >= 0.3 is 0 Å². The molecular weight excluding hydrogens is 370 g/mol. The van der Waals surface area contributed by atoms with Crippen LogP contribution in [-0.4, -0.2) is 33.4 Å². The largest absolute Gasteiger partial charge is 0.493 e. The highest BCUT2D eigenvalue weighted by Gasteiger charge is 2.16. The van der Waals surface area contributed by atoms with Crippen molar-refractivity contribution in [2.24, 2.45) is 0 Å². The molecule has 0 aliphatic carbocycles. The number of methoxy groups -OCH3 is 4. The molecule has 2 N–H and O–H groups in total. The van der Waals surface area contributed by atoms with Gasteiger partial charge in [0.15, 0.2) is 23.0 Å². The molecule has 0 saturated carbocycles. The Kier molecular flexibility index (Phi) is 5.74. The third kappa shape index (κ3) is 3.73. The number of pyridine rings is 1. The molecule has 0 amide bonds. The average Bonchev–Trinajstić information content (AvgIpc) is 2.77. The third-order valence-corrected chi connectivity index (χ3v) is 4.53. The average molecular weight is 391 g/mol. The van der Waals surface area contributed by atoms with Crippen molar-refractivity contribution in [3.8, 4) is 51.5 Å². The van der Waals surface area contributed by atoms with E-state index in [1.807, 2.05) is 24.3 Å². The molecule has 1 aromatic heterocycles. The maximum atomic E-state index is 9.64. The van der Waals surface area contributed by atoms with Crippen molar-refractivity contribution >= 4 is 5.82 Å².